The largest absolute Gasteiger partial charge is 0.353 e. The third-order valence-corrected chi connectivity index (χ3v) is 7.23. The van der Waals surface area contributed by atoms with Crippen LogP contribution in [-0.4, -0.2) is 17.6 Å². The lowest BCUT2D eigenvalue weighted by atomic mass is 9.82. The summed E-state index contributed by atoms with van der Waals surface area (Å²) in [6, 6.07) is 25.3. The highest BCUT2D eigenvalue weighted by Gasteiger charge is 2.36. The standard InChI is InChI=1S/C28H22Cl2N4O2S/c1-17-25(27(36)34-20-13-11-18(29)12-14-20)26(21-9-5-6-10-23(21)30)22(15-31)28(32-17)37-16-24(35)33-19-7-3-2-4-8-19/h2-14,26,32H,16H2,1H3,(H,33,35)(H,34,36)/t26-/m0/s1. The lowest BCUT2D eigenvalue weighted by molar-refractivity contribution is -0.114. The number of para-hydroxylation sites is 1. The summed E-state index contributed by atoms with van der Waals surface area (Å²) >= 11 is 13.7. The number of nitriles is 1. The Morgan fingerprint density at radius 1 is 0.946 bits per heavy atom. The maximum atomic E-state index is 13.5. The molecule has 3 N–H and O–H groups in total. The molecule has 0 bridgehead atoms. The maximum absolute atomic E-state index is 13.5. The van der Waals surface area contributed by atoms with Gasteiger partial charge in [0.05, 0.1) is 28.3 Å². The van der Waals surface area contributed by atoms with Crippen molar-refractivity contribution in [2.75, 3.05) is 16.4 Å². The highest BCUT2D eigenvalue weighted by molar-refractivity contribution is 8.03. The number of rotatable bonds is 7. The van der Waals surface area contributed by atoms with Gasteiger partial charge >= 0.3 is 0 Å². The van der Waals surface area contributed by atoms with Crippen molar-refractivity contribution in [2.45, 2.75) is 12.8 Å². The first-order chi connectivity index (χ1) is 17.9. The Bertz CT molecular complexity index is 1430. The second kappa shape index (κ2) is 12.0. The molecule has 0 saturated carbocycles. The first-order valence-corrected chi connectivity index (χ1v) is 13.0. The van der Waals surface area contributed by atoms with E-state index in [2.05, 4.69) is 22.0 Å². The molecule has 0 unspecified atom stereocenters. The van der Waals surface area contributed by atoms with Gasteiger partial charge in [0.1, 0.15) is 0 Å². The molecule has 3 aromatic carbocycles. The van der Waals surface area contributed by atoms with E-state index < -0.39 is 5.92 Å². The molecule has 6 nitrogen and oxygen atoms in total. The second-order valence-electron chi connectivity index (χ2n) is 8.14. The van der Waals surface area contributed by atoms with Gasteiger partial charge in [-0.1, -0.05) is 71.4 Å². The van der Waals surface area contributed by atoms with Crippen molar-refractivity contribution in [1.29, 1.82) is 5.26 Å². The molecule has 3 aromatic rings. The van der Waals surface area contributed by atoms with E-state index >= 15 is 0 Å². The maximum Gasteiger partial charge on any atom is 0.254 e. The van der Waals surface area contributed by atoms with Gasteiger partial charge in [-0.2, -0.15) is 5.26 Å². The quantitative estimate of drug-likeness (QED) is 0.305. The Hall–Kier alpha value is -3.70. The third kappa shape index (κ3) is 6.36. The molecule has 0 radical (unpaired) electrons. The number of carbonyl (C=O) groups excluding carboxylic acids is 2. The van der Waals surface area contributed by atoms with Crippen LogP contribution in [0, 0.1) is 11.3 Å². The lowest BCUT2D eigenvalue weighted by Gasteiger charge is -2.30. The van der Waals surface area contributed by atoms with Crippen molar-refractivity contribution in [3.8, 4) is 6.07 Å². The van der Waals surface area contributed by atoms with Gasteiger partial charge in [-0.3, -0.25) is 9.59 Å². The molecule has 1 heterocycles. The van der Waals surface area contributed by atoms with Crippen molar-refractivity contribution >= 4 is 58.2 Å². The predicted molar refractivity (Wildman–Crippen MR) is 150 cm³/mol. The topological polar surface area (TPSA) is 94.0 Å². The Morgan fingerprint density at radius 3 is 2.27 bits per heavy atom. The number of hydrogen-bond donors (Lipinski definition) is 3. The van der Waals surface area contributed by atoms with Crippen molar-refractivity contribution in [2.24, 2.45) is 0 Å². The van der Waals surface area contributed by atoms with Gasteiger partial charge in [0.15, 0.2) is 0 Å². The van der Waals surface area contributed by atoms with Gasteiger partial charge in [-0.05, 0) is 55.0 Å². The molecular formula is C28H22Cl2N4O2S. The molecule has 4 rings (SSSR count). The average Bonchev–Trinajstić information content (AvgIpc) is 2.89. The molecule has 1 aliphatic heterocycles. The monoisotopic (exact) mass is 548 g/mol. The van der Waals surface area contributed by atoms with Crippen LogP contribution in [0.2, 0.25) is 10.0 Å². The van der Waals surface area contributed by atoms with Gasteiger partial charge in [0, 0.05) is 32.7 Å². The molecular weight excluding hydrogens is 527 g/mol. The minimum Gasteiger partial charge on any atom is -0.353 e. The number of anilines is 2. The Labute approximate surface area is 229 Å². The van der Waals surface area contributed by atoms with E-state index in [1.807, 2.05) is 24.3 Å². The highest BCUT2D eigenvalue weighted by atomic mass is 35.5. The Balaban J connectivity index is 1.65. The molecule has 1 aliphatic rings. The van der Waals surface area contributed by atoms with E-state index in [1.54, 1.807) is 61.5 Å². The number of hydrogen-bond acceptors (Lipinski definition) is 5. The van der Waals surface area contributed by atoms with Crippen LogP contribution in [0.4, 0.5) is 11.4 Å². The number of amides is 2. The summed E-state index contributed by atoms with van der Waals surface area (Å²) in [6.45, 7) is 1.76. The number of nitrogens with zero attached hydrogens (tertiary/aromatic N) is 1. The summed E-state index contributed by atoms with van der Waals surface area (Å²) < 4.78 is 0. The number of benzene rings is 3. The van der Waals surface area contributed by atoms with E-state index in [0.717, 1.165) is 0 Å². The average molecular weight is 549 g/mol. The van der Waals surface area contributed by atoms with E-state index in [1.165, 1.54) is 11.8 Å². The van der Waals surface area contributed by atoms with Crippen molar-refractivity contribution in [3.05, 3.63) is 116 Å². The molecule has 0 aromatic heterocycles. The summed E-state index contributed by atoms with van der Waals surface area (Å²) in [5.74, 6) is -1.26. The number of halogens is 2. The summed E-state index contributed by atoms with van der Waals surface area (Å²) in [4.78, 5) is 26.1. The van der Waals surface area contributed by atoms with E-state index in [9.17, 15) is 14.9 Å². The molecule has 0 aliphatic carbocycles. The smallest absolute Gasteiger partial charge is 0.254 e. The molecule has 1 atom stereocenters. The molecule has 9 heteroatoms. The Morgan fingerprint density at radius 2 is 1.59 bits per heavy atom. The molecule has 0 fully saturated rings. The van der Waals surface area contributed by atoms with E-state index in [-0.39, 0.29) is 17.6 Å². The summed E-state index contributed by atoms with van der Waals surface area (Å²) in [5, 5.41) is 20.6. The van der Waals surface area contributed by atoms with Crippen LogP contribution in [-0.2, 0) is 9.59 Å². The highest BCUT2D eigenvalue weighted by Crippen LogP contribution is 2.43. The molecule has 0 spiro atoms. The summed E-state index contributed by atoms with van der Waals surface area (Å²) in [7, 11) is 0. The van der Waals surface area contributed by atoms with Gasteiger partial charge in [0.2, 0.25) is 5.91 Å². The first kappa shape index (κ1) is 26.4. The minimum atomic E-state index is -0.730. The number of thioether (sulfide) groups is 1. The van der Waals surface area contributed by atoms with Crippen LogP contribution in [0.15, 0.2) is 101 Å². The molecule has 2 amide bonds. The first-order valence-electron chi connectivity index (χ1n) is 11.3. The van der Waals surface area contributed by atoms with Crippen LogP contribution >= 0.6 is 35.0 Å². The van der Waals surface area contributed by atoms with Crippen LogP contribution in [0.3, 0.4) is 0 Å². The SMILES string of the molecule is CC1=C(C(=O)Nc2ccc(Cl)cc2)[C@@H](c2ccccc2Cl)C(C#N)=C(SCC(=O)Nc2ccccc2)N1. The van der Waals surface area contributed by atoms with Crippen molar-refractivity contribution < 1.29 is 9.59 Å². The van der Waals surface area contributed by atoms with Crippen LogP contribution in [0.5, 0.6) is 0 Å². The molecule has 186 valence electrons. The lowest BCUT2D eigenvalue weighted by Crippen LogP contribution is -2.31. The van der Waals surface area contributed by atoms with Gasteiger partial charge in [0.25, 0.3) is 5.91 Å². The second-order valence-corrected chi connectivity index (χ2v) is 9.97. The summed E-state index contributed by atoms with van der Waals surface area (Å²) in [5.41, 5.74) is 3.09. The Kier molecular flexibility index (Phi) is 8.57. The van der Waals surface area contributed by atoms with Gasteiger partial charge in [-0.25, -0.2) is 0 Å². The normalized spacial score (nSPS) is 15.0. The predicted octanol–water partition coefficient (Wildman–Crippen LogP) is 6.70. The van der Waals surface area contributed by atoms with Crippen LogP contribution in [0.25, 0.3) is 0 Å². The fourth-order valence-electron chi connectivity index (χ4n) is 3.94. The number of allylic oxidation sites excluding steroid dienone is 2. The van der Waals surface area contributed by atoms with Crippen LogP contribution in [0.1, 0.15) is 18.4 Å². The van der Waals surface area contributed by atoms with Crippen molar-refractivity contribution in [3.63, 3.8) is 0 Å². The zero-order valence-corrected chi connectivity index (χ0v) is 22.0. The fraction of sp³-hybridized carbons (Fsp3) is 0.107. The number of carbonyl (C=O) groups is 2. The third-order valence-electron chi connectivity index (χ3n) is 5.62. The molecule has 37 heavy (non-hydrogen) atoms. The van der Waals surface area contributed by atoms with Crippen molar-refractivity contribution in [1.82, 2.24) is 5.32 Å². The van der Waals surface area contributed by atoms with Gasteiger partial charge in [-0.15, -0.1) is 0 Å². The number of dihydropyridines is 1. The molecule has 0 saturated heterocycles. The minimum absolute atomic E-state index is 0.0667. The van der Waals surface area contributed by atoms with Crippen LogP contribution < -0.4 is 16.0 Å². The number of nitrogens with one attached hydrogen (secondary N) is 3. The zero-order chi connectivity index (χ0) is 26.4. The van der Waals surface area contributed by atoms with E-state index in [4.69, 9.17) is 23.2 Å². The summed E-state index contributed by atoms with van der Waals surface area (Å²) in [6.07, 6.45) is 0. The van der Waals surface area contributed by atoms with Gasteiger partial charge < -0.3 is 16.0 Å². The van der Waals surface area contributed by atoms with E-state index in [0.29, 0.717) is 48.9 Å². The zero-order valence-electron chi connectivity index (χ0n) is 19.7. The fourth-order valence-corrected chi connectivity index (χ4v) is 5.20.